The van der Waals surface area contributed by atoms with Gasteiger partial charge in [0.15, 0.2) is 0 Å². The predicted molar refractivity (Wildman–Crippen MR) is 195 cm³/mol. The van der Waals surface area contributed by atoms with Crippen LogP contribution < -0.4 is 0 Å². The van der Waals surface area contributed by atoms with Gasteiger partial charge in [0.1, 0.15) is 6.07 Å². The van der Waals surface area contributed by atoms with E-state index in [-0.39, 0.29) is 0 Å². The average Bonchev–Trinajstić information content (AvgIpc) is 3.67. The number of para-hydroxylation sites is 4. The summed E-state index contributed by atoms with van der Waals surface area (Å²) in [6, 6.07) is 58.7. The third-order valence-electron chi connectivity index (χ3n) is 9.43. The van der Waals surface area contributed by atoms with E-state index in [1.807, 2.05) is 42.5 Å². The number of benzene rings is 7. The van der Waals surface area contributed by atoms with E-state index in [9.17, 15) is 10.5 Å². The summed E-state index contributed by atoms with van der Waals surface area (Å²) in [4.78, 5) is 0. The number of nitrogens with zero attached hydrogens (tertiary/aromatic N) is 4. The van der Waals surface area contributed by atoms with Gasteiger partial charge in [-0.25, -0.2) is 0 Å². The van der Waals surface area contributed by atoms with Crippen LogP contribution in [-0.4, -0.2) is 9.13 Å². The maximum Gasteiger partial charge on any atom is 0.101 e. The van der Waals surface area contributed by atoms with Gasteiger partial charge in [0.25, 0.3) is 0 Å². The molecule has 0 atom stereocenters. The quantitative estimate of drug-likeness (QED) is 0.199. The van der Waals surface area contributed by atoms with E-state index in [0.29, 0.717) is 11.1 Å². The molecule has 4 heteroatoms. The largest absolute Gasteiger partial charge is 0.309 e. The maximum atomic E-state index is 10.6. The highest BCUT2D eigenvalue weighted by Gasteiger charge is 2.22. The van der Waals surface area contributed by atoms with Crippen molar-refractivity contribution in [3.05, 3.63) is 169 Å². The van der Waals surface area contributed by atoms with Crippen LogP contribution in [0, 0.1) is 22.7 Å². The van der Waals surface area contributed by atoms with Crippen molar-refractivity contribution in [1.82, 2.24) is 9.13 Å². The van der Waals surface area contributed by atoms with Crippen molar-refractivity contribution < 1.29 is 0 Å². The van der Waals surface area contributed by atoms with Gasteiger partial charge in [0.05, 0.1) is 50.6 Å². The van der Waals surface area contributed by atoms with Gasteiger partial charge in [0, 0.05) is 32.7 Å². The van der Waals surface area contributed by atoms with Crippen LogP contribution in [0.25, 0.3) is 77.2 Å². The van der Waals surface area contributed by atoms with Gasteiger partial charge >= 0.3 is 0 Å². The molecule has 0 bridgehead atoms. The summed E-state index contributed by atoms with van der Waals surface area (Å²) in [6.45, 7) is 0. The molecule has 0 spiro atoms. The molecule has 9 rings (SSSR count). The molecular weight excluding hydrogens is 585 g/mol. The van der Waals surface area contributed by atoms with Crippen LogP contribution in [0.5, 0.6) is 0 Å². The van der Waals surface area contributed by atoms with Crippen LogP contribution in [-0.2, 0) is 0 Å². The molecule has 9 aromatic rings. The summed E-state index contributed by atoms with van der Waals surface area (Å²) in [5.41, 5.74) is 10.9. The lowest BCUT2D eigenvalue weighted by Crippen LogP contribution is -2.01. The fourth-order valence-electron chi connectivity index (χ4n) is 7.40. The zero-order valence-corrected chi connectivity index (χ0v) is 25.8. The number of aromatic nitrogens is 2. The van der Waals surface area contributed by atoms with E-state index in [2.05, 4.69) is 137 Å². The molecule has 4 nitrogen and oxygen atoms in total. The maximum absolute atomic E-state index is 10.6. The number of rotatable bonds is 4. The average molecular weight is 611 g/mol. The summed E-state index contributed by atoms with van der Waals surface area (Å²) in [6.07, 6.45) is 0. The summed E-state index contributed by atoms with van der Waals surface area (Å²) < 4.78 is 4.49. The molecule has 0 fully saturated rings. The van der Waals surface area contributed by atoms with E-state index in [0.717, 1.165) is 66.5 Å². The normalized spacial score (nSPS) is 11.3. The van der Waals surface area contributed by atoms with Crippen LogP contribution in [0.1, 0.15) is 11.1 Å². The Morgan fingerprint density at radius 3 is 1.38 bits per heavy atom. The summed E-state index contributed by atoms with van der Waals surface area (Å²) in [7, 11) is 0. The third-order valence-corrected chi connectivity index (χ3v) is 9.43. The molecule has 0 saturated carbocycles. The van der Waals surface area contributed by atoms with Crippen LogP contribution >= 0.6 is 0 Å². The first kappa shape index (κ1) is 27.4. The summed E-state index contributed by atoms with van der Waals surface area (Å²) >= 11 is 0. The Kier molecular flexibility index (Phi) is 6.22. The Labute approximate surface area is 277 Å². The standard InChI is InChI=1S/C44H26N4/c45-27-30-12-1-2-13-33(30)44-32(18-11-23-43(44)48-41-21-9-5-16-36(41)37-17-6-10-22-42(37)48)29-24-25-38(31(26-29)28-46)47-39-19-7-3-14-34(39)35-15-4-8-20-40(35)47/h1-26H. The van der Waals surface area contributed by atoms with E-state index in [1.54, 1.807) is 0 Å². The van der Waals surface area contributed by atoms with Crippen LogP contribution in [0.2, 0.25) is 0 Å². The molecule has 0 amide bonds. The second-order valence-electron chi connectivity index (χ2n) is 11.9. The number of hydrogen-bond donors (Lipinski definition) is 0. The number of fused-ring (bicyclic) bond motifs is 6. The molecule has 0 aliphatic rings. The molecule has 0 saturated heterocycles. The fraction of sp³-hybridized carbons (Fsp3) is 0. The molecule has 222 valence electrons. The van der Waals surface area contributed by atoms with Crippen molar-refractivity contribution in [2.75, 3.05) is 0 Å². The SMILES string of the molecule is N#Cc1ccccc1-c1c(-c2ccc(-n3c4ccccc4c4ccccc43)c(C#N)c2)cccc1-n1c2ccccc2c2ccccc21. The minimum atomic E-state index is 0.570. The molecule has 0 N–H and O–H groups in total. The molecule has 7 aromatic carbocycles. The zero-order valence-electron chi connectivity index (χ0n) is 25.8. The Morgan fingerprint density at radius 1 is 0.375 bits per heavy atom. The number of nitriles is 2. The molecule has 2 heterocycles. The van der Waals surface area contributed by atoms with Gasteiger partial charge in [-0.05, 0) is 59.7 Å². The molecule has 48 heavy (non-hydrogen) atoms. The van der Waals surface area contributed by atoms with Crippen molar-refractivity contribution in [3.8, 4) is 45.8 Å². The van der Waals surface area contributed by atoms with Gasteiger partial charge in [-0.1, -0.05) is 109 Å². The first-order valence-corrected chi connectivity index (χ1v) is 15.9. The molecular formula is C44H26N4. The van der Waals surface area contributed by atoms with Crippen molar-refractivity contribution in [2.24, 2.45) is 0 Å². The minimum absolute atomic E-state index is 0.570. The van der Waals surface area contributed by atoms with Gasteiger partial charge < -0.3 is 9.13 Å². The summed E-state index contributed by atoms with van der Waals surface area (Å²) in [5.74, 6) is 0. The minimum Gasteiger partial charge on any atom is -0.309 e. The van der Waals surface area contributed by atoms with E-state index < -0.39 is 0 Å². The monoisotopic (exact) mass is 610 g/mol. The molecule has 0 radical (unpaired) electrons. The second-order valence-corrected chi connectivity index (χ2v) is 11.9. The highest BCUT2D eigenvalue weighted by atomic mass is 15.0. The fourth-order valence-corrected chi connectivity index (χ4v) is 7.40. The lowest BCUT2D eigenvalue weighted by Gasteiger charge is -2.20. The molecule has 0 aliphatic carbocycles. The molecule has 0 aliphatic heterocycles. The Bertz CT molecular complexity index is 2710. The van der Waals surface area contributed by atoms with E-state index in [4.69, 9.17) is 0 Å². The van der Waals surface area contributed by atoms with Crippen molar-refractivity contribution >= 4 is 43.6 Å². The Hall–Kier alpha value is -6.88. The Balaban J connectivity index is 1.34. The summed E-state index contributed by atoms with van der Waals surface area (Å²) in [5, 5.41) is 25.6. The topological polar surface area (TPSA) is 57.4 Å². The van der Waals surface area contributed by atoms with Gasteiger partial charge in [-0.2, -0.15) is 10.5 Å². The van der Waals surface area contributed by atoms with Crippen LogP contribution in [0.3, 0.4) is 0 Å². The second kappa shape index (κ2) is 10.9. The third kappa shape index (κ3) is 4.01. The lowest BCUT2D eigenvalue weighted by molar-refractivity contribution is 1.17. The smallest absolute Gasteiger partial charge is 0.101 e. The van der Waals surface area contributed by atoms with Gasteiger partial charge in [0.2, 0.25) is 0 Å². The first-order chi connectivity index (χ1) is 23.8. The Morgan fingerprint density at radius 2 is 0.833 bits per heavy atom. The van der Waals surface area contributed by atoms with E-state index in [1.165, 1.54) is 10.8 Å². The van der Waals surface area contributed by atoms with Gasteiger partial charge in [-0.3, -0.25) is 0 Å². The molecule has 0 unspecified atom stereocenters. The van der Waals surface area contributed by atoms with Gasteiger partial charge in [-0.15, -0.1) is 0 Å². The number of hydrogen-bond acceptors (Lipinski definition) is 2. The van der Waals surface area contributed by atoms with Crippen molar-refractivity contribution in [3.63, 3.8) is 0 Å². The molecule has 2 aromatic heterocycles. The van der Waals surface area contributed by atoms with E-state index >= 15 is 0 Å². The highest BCUT2D eigenvalue weighted by molar-refractivity contribution is 6.11. The predicted octanol–water partition coefficient (Wildman–Crippen LogP) is 11.0. The van der Waals surface area contributed by atoms with Crippen molar-refractivity contribution in [2.45, 2.75) is 0 Å². The first-order valence-electron chi connectivity index (χ1n) is 15.9. The highest BCUT2D eigenvalue weighted by Crippen LogP contribution is 2.43. The van der Waals surface area contributed by atoms with Crippen molar-refractivity contribution in [1.29, 1.82) is 10.5 Å². The lowest BCUT2D eigenvalue weighted by atomic mass is 9.89. The van der Waals surface area contributed by atoms with Crippen LogP contribution in [0.15, 0.2) is 158 Å². The zero-order chi connectivity index (χ0) is 32.2. The van der Waals surface area contributed by atoms with Crippen LogP contribution in [0.4, 0.5) is 0 Å².